The van der Waals surface area contributed by atoms with Crippen molar-refractivity contribution in [2.24, 2.45) is 0 Å². The number of anilines is 1. The monoisotopic (exact) mass is 356 g/mol. The Kier molecular flexibility index (Phi) is 5.43. The molecule has 0 amide bonds. The van der Waals surface area contributed by atoms with Crippen molar-refractivity contribution < 1.29 is 9.47 Å². The molecule has 4 nitrogen and oxygen atoms in total. The molecule has 0 aliphatic carbocycles. The Hall–Kier alpha value is -2.27. The number of benzene rings is 2. The first kappa shape index (κ1) is 17.5. The van der Waals surface area contributed by atoms with Gasteiger partial charge in [0.15, 0.2) is 16.6 Å². The number of ether oxygens (including phenoxy) is 2. The van der Waals surface area contributed by atoms with Gasteiger partial charge in [-0.1, -0.05) is 30.7 Å². The second-order valence-electron chi connectivity index (χ2n) is 6.28. The molecule has 2 N–H and O–H groups in total. The molecule has 132 valence electrons. The third kappa shape index (κ3) is 4.23. The molecule has 25 heavy (non-hydrogen) atoms. The highest BCUT2D eigenvalue weighted by molar-refractivity contribution is 7.80. The second-order valence-corrected chi connectivity index (χ2v) is 6.69. The highest BCUT2D eigenvalue weighted by atomic mass is 32.1. The summed E-state index contributed by atoms with van der Waals surface area (Å²) in [5.74, 6) is 1.53. The van der Waals surface area contributed by atoms with E-state index in [1.54, 1.807) is 0 Å². The summed E-state index contributed by atoms with van der Waals surface area (Å²) in [6, 6.07) is 12.5. The maximum Gasteiger partial charge on any atom is 0.171 e. The fourth-order valence-corrected chi connectivity index (χ4v) is 3.32. The van der Waals surface area contributed by atoms with Crippen LogP contribution in [-0.2, 0) is 0 Å². The number of nitrogens with one attached hydrogen (secondary N) is 2. The van der Waals surface area contributed by atoms with E-state index in [4.69, 9.17) is 21.7 Å². The van der Waals surface area contributed by atoms with Crippen LogP contribution >= 0.6 is 12.2 Å². The van der Waals surface area contributed by atoms with Crippen molar-refractivity contribution in [2.45, 2.75) is 33.2 Å². The van der Waals surface area contributed by atoms with Crippen LogP contribution < -0.4 is 20.1 Å². The molecular formula is C20H24N2O2S. The van der Waals surface area contributed by atoms with Gasteiger partial charge >= 0.3 is 0 Å². The first-order chi connectivity index (χ1) is 12.1. The summed E-state index contributed by atoms with van der Waals surface area (Å²) in [6.45, 7) is 7.57. The van der Waals surface area contributed by atoms with E-state index in [1.165, 1.54) is 16.7 Å². The van der Waals surface area contributed by atoms with Crippen molar-refractivity contribution in [3.8, 4) is 11.5 Å². The summed E-state index contributed by atoms with van der Waals surface area (Å²) in [4.78, 5) is 0. The van der Waals surface area contributed by atoms with Gasteiger partial charge in [0, 0.05) is 11.8 Å². The van der Waals surface area contributed by atoms with Gasteiger partial charge in [-0.25, -0.2) is 0 Å². The van der Waals surface area contributed by atoms with E-state index in [0.717, 1.165) is 23.6 Å². The second kappa shape index (κ2) is 7.74. The fourth-order valence-electron chi connectivity index (χ4n) is 3.06. The van der Waals surface area contributed by atoms with E-state index < -0.39 is 0 Å². The summed E-state index contributed by atoms with van der Waals surface area (Å²) in [6.07, 6.45) is 0.951. The molecule has 1 atom stereocenters. The van der Waals surface area contributed by atoms with Crippen LogP contribution in [0.5, 0.6) is 11.5 Å². The van der Waals surface area contributed by atoms with Gasteiger partial charge in [-0.05, 0) is 55.7 Å². The third-order valence-corrected chi connectivity index (χ3v) is 4.53. The van der Waals surface area contributed by atoms with Crippen molar-refractivity contribution in [1.82, 2.24) is 5.32 Å². The Morgan fingerprint density at radius 1 is 1.08 bits per heavy atom. The minimum absolute atomic E-state index is 0.179. The van der Waals surface area contributed by atoms with E-state index in [2.05, 4.69) is 49.6 Å². The summed E-state index contributed by atoms with van der Waals surface area (Å²) in [5.41, 5.74) is 4.71. The standard InChI is InChI=1S/C20H24N2O2S/c1-4-17(16-7-5-13(2)11-14(16)3)22-20(25)21-15-6-8-18-19(12-15)24-10-9-23-18/h5-8,11-12,17H,4,9-10H2,1-3H3,(H2,21,22,25)/t17-/m0/s1. The predicted octanol–water partition coefficient (Wildman–Crippen LogP) is 4.51. The molecule has 2 aromatic rings. The normalized spacial score (nSPS) is 13.9. The number of hydrogen-bond donors (Lipinski definition) is 2. The van der Waals surface area contributed by atoms with Gasteiger partial charge in [-0.2, -0.15) is 0 Å². The van der Waals surface area contributed by atoms with Crippen molar-refractivity contribution in [3.05, 3.63) is 53.1 Å². The number of fused-ring (bicyclic) bond motifs is 1. The largest absolute Gasteiger partial charge is 0.486 e. The predicted molar refractivity (Wildman–Crippen MR) is 106 cm³/mol. The number of hydrogen-bond acceptors (Lipinski definition) is 3. The Morgan fingerprint density at radius 2 is 1.84 bits per heavy atom. The molecule has 0 spiro atoms. The summed E-state index contributed by atoms with van der Waals surface area (Å²) in [7, 11) is 0. The number of thiocarbonyl (C=S) groups is 1. The van der Waals surface area contributed by atoms with E-state index in [9.17, 15) is 0 Å². The van der Waals surface area contributed by atoms with Gasteiger partial charge in [0.2, 0.25) is 0 Å². The molecule has 0 saturated carbocycles. The minimum Gasteiger partial charge on any atom is -0.486 e. The van der Waals surface area contributed by atoms with Crippen LogP contribution in [0.3, 0.4) is 0 Å². The van der Waals surface area contributed by atoms with Gasteiger partial charge in [-0.15, -0.1) is 0 Å². The van der Waals surface area contributed by atoms with Crippen LogP contribution in [0, 0.1) is 13.8 Å². The number of aryl methyl sites for hydroxylation is 2. The first-order valence-corrected chi connectivity index (χ1v) is 9.02. The Bertz CT molecular complexity index is 776. The molecule has 0 unspecified atom stereocenters. The Labute approximate surface area is 154 Å². The van der Waals surface area contributed by atoms with E-state index in [1.807, 2.05) is 18.2 Å². The average Bonchev–Trinajstić information content (AvgIpc) is 2.60. The highest BCUT2D eigenvalue weighted by Crippen LogP contribution is 2.32. The molecule has 0 radical (unpaired) electrons. The summed E-state index contributed by atoms with van der Waals surface area (Å²) in [5, 5.41) is 7.26. The fraction of sp³-hybridized carbons (Fsp3) is 0.350. The maximum atomic E-state index is 5.62. The van der Waals surface area contributed by atoms with Crippen molar-refractivity contribution in [3.63, 3.8) is 0 Å². The molecule has 3 rings (SSSR count). The van der Waals surface area contributed by atoms with E-state index in [-0.39, 0.29) is 6.04 Å². The number of rotatable bonds is 4. The molecule has 2 aromatic carbocycles. The zero-order chi connectivity index (χ0) is 17.8. The molecule has 1 heterocycles. The van der Waals surface area contributed by atoms with Crippen LogP contribution in [0.15, 0.2) is 36.4 Å². The van der Waals surface area contributed by atoms with Gasteiger partial charge in [0.05, 0.1) is 6.04 Å². The lowest BCUT2D eigenvalue weighted by Gasteiger charge is -2.23. The molecular weight excluding hydrogens is 332 g/mol. The zero-order valence-electron chi connectivity index (χ0n) is 14.9. The van der Waals surface area contributed by atoms with Gasteiger partial charge in [0.25, 0.3) is 0 Å². The SMILES string of the molecule is CC[C@H](NC(=S)Nc1ccc2c(c1)OCCO2)c1ccc(C)cc1C. The third-order valence-electron chi connectivity index (χ3n) is 4.31. The van der Waals surface area contributed by atoms with Crippen molar-refractivity contribution in [2.75, 3.05) is 18.5 Å². The lowest BCUT2D eigenvalue weighted by Crippen LogP contribution is -2.32. The Morgan fingerprint density at radius 3 is 2.56 bits per heavy atom. The molecule has 0 aromatic heterocycles. The van der Waals surface area contributed by atoms with Crippen LogP contribution in [0.1, 0.15) is 36.1 Å². The van der Waals surface area contributed by atoms with Crippen LogP contribution in [-0.4, -0.2) is 18.3 Å². The van der Waals surface area contributed by atoms with Crippen LogP contribution in [0.25, 0.3) is 0 Å². The van der Waals surface area contributed by atoms with E-state index >= 15 is 0 Å². The minimum atomic E-state index is 0.179. The molecule has 0 bridgehead atoms. The van der Waals surface area contributed by atoms with Crippen LogP contribution in [0.2, 0.25) is 0 Å². The topological polar surface area (TPSA) is 42.5 Å². The average molecular weight is 356 g/mol. The van der Waals surface area contributed by atoms with Crippen LogP contribution in [0.4, 0.5) is 5.69 Å². The zero-order valence-corrected chi connectivity index (χ0v) is 15.7. The van der Waals surface area contributed by atoms with Gasteiger partial charge in [-0.3, -0.25) is 0 Å². The summed E-state index contributed by atoms with van der Waals surface area (Å²) < 4.78 is 11.2. The van der Waals surface area contributed by atoms with Gasteiger partial charge < -0.3 is 20.1 Å². The quantitative estimate of drug-likeness (QED) is 0.789. The smallest absolute Gasteiger partial charge is 0.171 e. The maximum absolute atomic E-state index is 5.62. The molecule has 1 aliphatic heterocycles. The first-order valence-electron chi connectivity index (χ1n) is 8.61. The van der Waals surface area contributed by atoms with Crippen molar-refractivity contribution in [1.29, 1.82) is 0 Å². The van der Waals surface area contributed by atoms with E-state index in [0.29, 0.717) is 18.3 Å². The lowest BCUT2D eigenvalue weighted by molar-refractivity contribution is 0.171. The summed E-state index contributed by atoms with van der Waals surface area (Å²) >= 11 is 5.51. The molecule has 0 fully saturated rings. The van der Waals surface area contributed by atoms with Gasteiger partial charge in [0.1, 0.15) is 13.2 Å². The Balaban J connectivity index is 1.68. The highest BCUT2D eigenvalue weighted by Gasteiger charge is 2.15. The molecule has 5 heteroatoms. The van der Waals surface area contributed by atoms with Crippen molar-refractivity contribution >= 4 is 23.0 Å². The molecule has 0 saturated heterocycles. The lowest BCUT2D eigenvalue weighted by atomic mass is 9.98. The molecule has 1 aliphatic rings.